The topological polar surface area (TPSA) is 70.2 Å². The first-order valence-corrected chi connectivity index (χ1v) is 12.7. The molecule has 1 aliphatic heterocycles. The minimum Gasteiger partial charge on any atom is -0.495 e. The number of benzene rings is 2. The van der Waals surface area contributed by atoms with Crippen LogP contribution >= 0.6 is 0 Å². The van der Waals surface area contributed by atoms with Gasteiger partial charge in [-0.1, -0.05) is 55.5 Å². The minimum atomic E-state index is -3.86. The van der Waals surface area contributed by atoms with Crippen LogP contribution in [0.4, 0.5) is 0 Å². The van der Waals surface area contributed by atoms with Gasteiger partial charge in [-0.3, -0.25) is 9.69 Å². The number of likely N-dealkylation sites (N-methyl/N-ethyl adjacent to an activating group) is 1. The number of carbonyl (C=O) groups is 1. The number of sulfonamides is 1. The molecule has 8 heteroatoms. The molecule has 2 aromatic carbocycles. The summed E-state index contributed by atoms with van der Waals surface area (Å²) < 4.78 is 33.0. The number of methoxy groups -OCH3 is 1. The highest BCUT2D eigenvalue weighted by Crippen LogP contribution is 2.27. The van der Waals surface area contributed by atoms with Crippen molar-refractivity contribution in [2.24, 2.45) is 0 Å². The van der Waals surface area contributed by atoms with Crippen LogP contribution in [0.2, 0.25) is 0 Å². The summed E-state index contributed by atoms with van der Waals surface area (Å²) in [5.74, 6) is 0.107. The summed E-state index contributed by atoms with van der Waals surface area (Å²) in [6, 6.07) is 15.2. The Morgan fingerprint density at radius 2 is 1.79 bits per heavy atom. The SMILES string of the molecule is CCN(CC(=O)N1CCN(C/C=C/c2ccccc2)CC1)S(=O)(=O)c1cc(C)ccc1OC. The maximum Gasteiger partial charge on any atom is 0.247 e. The summed E-state index contributed by atoms with van der Waals surface area (Å²) in [5, 5.41) is 0. The molecule has 0 spiro atoms. The number of hydrogen-bond donors (Lipinski definition) is 0. The Kier molecular flexibility index (Phi) is 8.66. The summed E-state index contributed by atoms with van der Waals surface area (Å²) in [6.07, 6.45) is 4.23. The van der Waals surface area contributed by atoms with Gasteiger partial charge in [0.2, 0.25) is 15.9 Å². The Labute approximate surface area is 197 Å². The van der Waals surface area contributed by atoms with Gasteiger partial charge in [0.15, 0.2) is 0 Å². The van der Waals surface area contributed by atoms with Crippen molar-refractivity contribution in [3.63, 3.8) is 0 Å². The van der Waals surface area contributed by atoms with Gasteiger partial charge in [0, 0.05) is 39.3 Å². The number of rotatable bonds is 9. The second-order valence-corrected chi connectivity index (χ2v) is 9.99. The number of amides is 1. The maximum atomic E-state index is 13.3. The average Bonchev–Trinajstić information content (AvgIpc) is 2.83. The van der Waals surface area contributed by atoms with Gasteiger partial charge in [0.25, 0.3) is 0 Å². The molecule has 33 heavy (non-hydrogen) atoms. The molecule has 178 valence electrons. The molecule has 0 atom stereocenters. The van der Waals surface area contributed by atoms with Crippen molar-refractivity contribution in [2.75, 3.05) is 52.9 Å². The zero-order chi connectivity index (χ0) is 23.8. The highest BCUT2D eigenvalue weighted by Gasteiger charge is 2.30. The molecule has 0 radical (unpaired) electrons. The van der Waals surface area contributed by atoms with E-state index in [1.54, 1.807) is 30.0 Å². The van der Waals surface area contributed by atoms with Gasteiger partial charge in [-0.15, -0.1) is 0 Å². The second kappa shape index (κ2) is 11.4. The third-order valence-electron chi connectivity index (χ3n) is 5.80. The number of nitrogens with zero attached hydrogens (tertiary/aromatic N) is 3. The summed E-state index contributed by atoms with van der Waals surface area (Å²) in [4.78, 5) is 17.1. The smallest absolute Gasteiger partial charge is 0.247 e. The Morgan fingerprint density at radius 3 is 2.42 bits per heavy atom. The van der Waals surface area contributed by atoms with E-state index >= 15 is 0 Å². The van der Waals surface area contributed by atoms with Gasteiger partial charge < -0.3 is 9.64 Å². The van der Waals surface area contributed by atoms with Crippen LogP contribution in [-0.4, -0.2) is 81.4 Å². The van der Waals surface area contributed by atoms with Crippen LogP contribution in [-0.2, 0) is 14.8 Å². The number of hydrogen-bond acceptors (Lipinski definition) is 5. The minimum absolute atomic E-state index is 0.0923. The number of carbonyl (C=O) groups excluding carboxylic acids is 1. The number of piperazine rings is 1. The standard InChI is InChI=1S/C25H33N3O4S/c1-4-28(33(30,31)24-19-21(2)12-13-23(24)32-3)20-25(29)27-17-15-26(16-18-27)14-8-11-22-9-6-5-7-10-22/h5-13,19H,4,14-18,20H2,1-3H3/b11-8+. The summed E-state index contributed by atoms with van der Waals surface area (Å²) in [7, 11) is -2.41. The molecule has 1 amide bonds. The van der Waals surface area contributed by atoms with Gasteiger partial charge in [0.1, 0.15) is 10.6 Å². The Balaban J connectivity index is 1.57. The van der Waals surface area contributed by atoms with E-state index in [9.17, 15) is 13.2 Å². The van der Waals surface area contributed by atoms with E-state index < -0.39 is 10.0 Å². The molecule has 0 aliphatic carbocycles. The Hall–Kier alpha value is -2.68. The fourth-order valence-corrected chi connectivity index (χ4v) is 5.46. The molecule has 3 rings (SSSR count). The lowest BCUT2D eigenvalue weighted by molar-refractivity contribution is -0.133. The molecule has 1 aliphatic rings. The molecule has 7 nitrogen and oxygen atoms in total. The lowest BCUT2D eigenvalue weighted by Gasteiger charge is -2.35. The predicted octanol–water partition coefficient (Wildman–Crippen LogP) is 2.87. The highest BCUT2D eigenvalue weighted by molar-refractivity contribution is 7.89. The molecule has 0 bridgehead atoms. The monoisotopic (exact) mass is 471 g/mol. The van der Waals surface area contributed by atoms with Crippen LogP contribution in [0.1, 0.15) is 18.1 Å². The molecular weight excluding hydrogens is 438 g/mol. The highest BCUT2D eigenvalue weighted by atomic mass is 32.2. The zero-order valence-electron chi connectivity index (χ0n) is 19.6. The van der Waals surface area contributed by atoms with E-state index in [4.69, 9.17) is 4.74 Å². The van der Waals surface area contributed by atoms with Crippen LogP contribution in [0, 0.1) is 6.92 Å². The van der Waals surface area contributed by atoms with Crippen LogP contribution < -0.4 is 4.74 Å². The van der Waals surface area contributed by atoms with Crippen LogP contribution in [0.15, 0.2) is 59.5 Å². The van der Waals surface area contributed by atoms with E-state index in [1.165, 1.54) is 11.4 Å². The van der Waals surface area contributed by atoms with Gasteiger partial charge >= 0.3 is 0 Å². The third kappa shape index (κ3) is 6.43. The Morgan fingerprint density at radius 1 is 1.09 bits per heavy atom. The molecule has 0 saturated carbocycles. The quantitative estimate of drug-likeness (QED) is 0.563. The number of ether oxygens (including phenoxy) is 1. The van der Waals surface area contributed by atoms with Gasteiger partial charge in [-0.2, -0.15) is 4.31 Å². The van der Waals surface area contributed by atoms with Gasteiger partial charge in [-0.25, -0.2) is 8.42 Å². The lowest BCUT2D eigenvalue weighted by Crippen LogP contribution is -2.51. The van der Waals surface area contributed by atoms with E-state index in [-0.39, 0.29) is 29.6 Å². The first-order chi connectivity index (χ1) is 15.8. The fourth-order valence-electron chi connectivity index (χ4n) is 3.82. The van der Waals surface area contributed by atoms with Crippen molar-refractivity contribution in [2.45, 2.75) is 18.7 Å². The van der Waals surface area contributed by atoms with Gasteiger partial charge in [-0.05, 0) is 30.2 Å². The number of aryl methyl sites for hydroxylation is 1. The zero-order valence-corrected chi connectivity index (χ0v) is 20.4. The summed E-state index contributed by atoms with van der Waals surface area (Å²) in [5.41, 5.74) is 1.98. The van der Waals surface area contributed by atoms with Crippen molar-refractivity contribution in [1.82, 2.24) is 14.1 Å². The molecular formula is C25H33N3O4S. The first-order valence-electron chi connectivity index (χ1n) is 11.2. The largest absolute Gasteiger partial charge is 0.495 e. The van der Waals surface area contributed by atoms with Gasteiger partial charge in [0.05, 0.1) is 13.7 Å². The second-order valence-electron chi connectivity index (χ2n) is 8.08. The molecule has 1 saturated heterocycles. The third-order valence-corrected chi connectivity index (χ3v) is 7.74. The van der Waals surface area contributed by atoms with E-state index in [0.29, 0.717) is 13.1 Å². The molecule has 0 N–H and O–H groups in total. The molecule has 1 heterocycles. The van der Waals surface area contributed by atoms with Crippen molar-refractivity contribution in [3.8, 4) is 5.75 Å². The normalized spacial score (nSPS) is 15.3. The van der Waals surface area contributed by atoms with Crippen molar-refractivity contribution in [3.05, 3.63) is 65.7 Å². The van der Waals surface area contributed by atoms with E-state index in [0.717, 1.165) is 30.8 Å². The Bertz CT molecular complexity index is 1060. The lowest BCUT2D eigenvalue weighted by atomic mass is 10.2. The summed E-state index contributed by atoms with van der Waals surface area (Å²) in [6.45, 7) is 7.11. The van der Waals surface area contributed by atoms with Crippen LogP contribution in [0.25, 0.3) is 6.08 Å². The van der Waals surface area contributed by atoms with Crippen molar-refractivity contribution >= 4 is 22.0 Å². The molecule has 0 unspecified atom stereocenters. The molecule has 0 aromatic heterocycles. The maximum absolute atomic E-state index is 13.3. The van der Waals surface area contributed by atoms with Crippen molar-refractivity contribution < 1.29 is 17.9 Å². The van der Waals surface area contributed by atoms with E-state index in [2.05, 4.69) is 29.2 Å². The summed E-state index contributed by atoms with van der Waals surface area (Å²) >= 11 is 0. The average molecular weight is 472 g/mol. The van der Waals surface area contributed by atoms with Crippen LogP contribution in [0.5, 0.6) is 5.75 Å². The van der Waals surface area contributed by atoms with Crippen LogP contribution in [0.3, 0.4) is 0 Å². The first kappa shape index (κ1) is 25.0. The predicted molar refractivity (Wildman–Crippen MR) is 131 cm³/mol. The van der Waals surface area contributed by atoms with Crippen molar-refractivity contribution in [1.29, 1.82) is 0 Å². The fraction of sp³-hybridized carbons (Fsp3) is 0.400. The molecule has 2 aromatic rings. The molecule has 1 fully saturated rings. The van der Waals surface area contributed by atoms with E-state index in [1.807, 2.05) is 25.1 Å².